The van der Waals surface area contributed by atoms with Crippen molar-refractivity contribution in [3.63, 3.8) is 0 Å². The van der Waals surface area contributed by atoms with Crippen LogP contribution in [0, 0.1) is 0 Å². The van der Waals surface area contributed by atoms with Crippen molar-refractivity contribution >= 4 is 17.8 Å². The Balaban J connectivity index is 1.71. The maximum absolute atomic E-state index is 12.4. The number of likely N-dealkylation sites (tertiary alicyclic amines) is 1. The molecule has 0 unspecified atom stereocenters. The number of hydrogen-bond acceptors (Lipinski definition) is 5. The molecule has 1 atom stereocenters. The average molecular weight is 325 g/mol. The first-order chi connectivity index (χ1) is 11.0. The summed E-state index contributed by atoms with van der Waals surface area (Å²) in [7, 11) is 0. The van der Waals surface area contributed by atoms with E-state index in [9.17, 15) is 14.4 Å². The zero-order valence-electron chi connectivity index (χ0n) is 13.8. The number of piperidine rings is 1. The fourth-order valence-corrected chi connectivity index (χ4v) is 3.24. The lowest BCUT2D eigenvalue weighted by molar-refractivity contribution is -0.136. The van der Waals surface area contributed by atoms with Gasteiger partial charge in [-0.2, -0.15) is 0 Å². The summed E-state index contributed by atoms with van der Waals surface area (Å²) in [6.45, 7) is 6.50. The zero-order valence-corrected chi connectivity index (χ0v) is 13.8. The molecule has 2 saturated heterocycles. The van der Waals surface area contributed by atoms with Crippen molar-refractivity contribution in [2.75, 3.05) is 45.8 Å². The number of urea groups is 1. The maximum atomic E-state index is 12.4. The largest absolute Gasteiger partial charge is 0.351 e. The Hall–Kier alpha value is -1.67. The average Bonchev–Trinajstić information content (AvgIpc) is 2.48. The first-order valence-electron chi connectivity index (χ1n) is 8.29. The van der Waals surface area contributed by atoms with Gasteiger partial charge in [-0.05, 0) is 26.2 Å². The number of hydrogen-bond donors (Lipinski definition) is 2. The highest BCUT2D eigenvalue weighted by molar-refractivity contribution is 5.94. The summed E-state index contributed by atoms with van der Waals surface area (Å²) in [6.07, 6.45) is 3.39. The minimum absolute atomic E-state index is 0.161. The maximum Gasteiger partial charge on any atom is 0.318 e. The van der Waals surface area contributed by atoms with Crippen LogP contribution in [0.3, 0.4) is 0 Å². The molecule has 0 aromatic heterocycles. The smallest absolute Gasteiger partial charge is 0.318 e. The molecule has 3 N–H and O–H groups in total. The normalized spacial score (nSPS) is 23.5. The summed E-state index contributed by atoms with van der Waals surface area (Å²) in [5, 5.41) is 2.07. The SMILES string of the molecule is C[C@H]1CCCCN1C(=O)CN1CCN(CC(=O)NC(N)=O)CC1. The lowest BCUT2D eigenvalue weighted by Gasteiger charge is -2.37. The predicted octanol–water partition coefficient (Wildman–Crippen LogP) is -0.800. The minimum Gasteiger partial charge on any atom is -0.351 e. The van der Waals surface area contributed by atoms with E-state index in [0.717, 1.165) is 32.5 Å². The quantitative estimate of drug-likeness (QED) is 0.705. The van der Waals surface area contributed by atoms with Crippen LogP contribution in [0.25, 0.3) is 0 Å². The van der Waals surface area contributed by atoms with Crippen LogP contribution >= 0.6 is 0 Å². The van der Waals surface area contributed by atoms with Gasteiger partial charge in [0.05, 0.1) is 13.1 Å². The van der Waals surface area contributed by atoms with E-state index >= 15 is 0 Å². The molecule has 0 spiro atoms. The summed E-state index contributed by atoms with van der Waals surface area (Å²) in [4.78, 5) is 40.6. The van der Waals surface area contributed by atoms with Crippen molar-refractivity contribution in [3.8, 4) is 0 Å². The zero-order chi connectivity index (χ0) is 16.8. The highest BCUT2D eigenvalue weighted by atomic mass is 16.2. The number of piperazine rings is 1. The van der Waals surface area contributed by atoms with Gasteiger partial charge in [0.2, 0.25) is 11.8 Å². The lowest BCUT2D eigenvalue weighted by atomic mass is 10.0. The second-order valence-corrected chi connectivity index (χ2v) is 6.40. The van der Waals surface area contributed by atoms with E-state index in [2.05, 4.69) is 17.1 Å². The molecule has 23 heavy (non-hydrogen) atoms. The Morgan fingerprint density at radius 2 is 1.61 bits per heavy atom. The first-order valence-corrected chi connectivity index (χ1v) is 8.29. The summed E-state index contributed by atoms with van der Waals surface area (Å²) in [5.41, 5.74) is 4.92. The molecule has 0 saturated carbocycles. The molecule has 2 rings (SSSR count). The van der Waals surface area contributed by atoms with E-state index in [1.807, 2.05) is 9.80 Å². The third kappa shape index (κ3) is 5.47. The molecule has 8 heteroatoms. The number of nitrogens with two attached hydrogens (primary N) is 1. The van der Waals surface area contributed by atoms with Gasteiger partial charge in [-0.15, -0.1) is 0 Å². The van der Waals surface area contributed by atoms with E-state index in [1.54, 1.807) is 0 Å². The number of carbonyl (C=O) groups is 3. The predicted molar refractivity (Wildman–Crippen MR) is 85.6 cm³/mol. The second kappa shape index (κ2) is 8.26. The standard InChI is InChI=1S/C15H27N5O3/c1-12-4-2-3-5-20(12)14(22)11-19-8-6-18(7-9-19)10-13(21)17-15(16)23/h12H,2-11H2,1H3,(H3,16,17,21,23)/t12-/m0/s1. The van der Waals surface area contributed by atoms with Gasteiger partial charge in [0, 0.05) is 38.8 Å². The molecule has 0 aromatic rings. The van der Waals surface area contributed by atoms with Crippen molar-refractivity contribution in [3.05, 3.63) is 0 Å². The molecule has 8 nitrogen and oxygen atoms in total. The van der Waals surface area contributed by atoms with Gasteiger partial charge in [0.15, 0.2) is 0 Å². The number of amides is 4. The van der Waals surface area contributed by atoms with Gasteiger partial charge in [-0.25, -0.2) is 4.79 Å². The van der Waals surface area contributed by atoms with Gasteiger partial charge in [-0.1, -0.05) is 0 Å². The van der Waals surface area contributed by atoms with Gasteiger partial charge >= 0.3 is 6.03 Å². The van der Waals surface area contributed by atoms with Crippen LogP contribution < -0.4 is 11.1 Å². The Morgan fingerprint density at radius 3 is 2.17 bits per heavy atom. The number of imide groups is 1. The Morgan fingerprint density at radius 1 is 1.00 bits per heavy atom. The van der Waals surface area contributed by atoms with Gasteiger partial charge in [0.1, 0.15) is 0 Å². The molecular weight excluding hydrogens is 298 g/mol. The molecule has 2 aliphatic heterocycles. The Kier molecular flexibility index (Phi) is 6.35. The van der Waals surface area contributed by atoms with Crippen LogP contribution in [0.2, 0.25) is 0 Å². The number of nitrogens with one attached hydrogen (secondary N) is 1. The topological polar surface area (TPSA) is 99.0 Å². The van der Waals surface area contributed by atoms with Crippen molar-refractivity contribution in [2.45, 2.75) is 32.2 Å². The Bertz CT molecular complexity index is 448. The van der Waals surface area contributed by atoms with Crippen molar-refractivity contribution in [1.29, 1.82) is 0 Å². The van der Waals surface area contributed by atoms with E-state index in [4.69, 9.17) is 5.73 Å². The van der Waals surface area contributed by atoms with Crippen LogP contribution in [0.15, 0.2) is 0 Å². The van der Waals surface area contributed by atoms with E-state index < -0.39 is 6.03 Å². The molecule has 130 valence electrons. The van der Waals surface area contributed by atoms with E-state index in [0.29, 0.717) is 25.7 Å². The monoisotopic (exact) mass is 325 g/mol. The summed E-state index contributed by atoms with van der Waals surface area (Å²) < 4.78 is 0. The van der Waals surface area contributed by atoms with Crippen LogP contribution in [0.4, 0.5) is 4.79 Å². The molecule has 0 radical (unpaired) electrons. The second-order valence-electron chi connectivity index (χ2n) is 6.40. The van der Waals surface area contributed by atoms with E-state index in [1.165, 1.54) is 6.42 Å². The van der Waals surface area contributed by atoms with Crippen molar-refractivity contribution < 1.29 is 14.4 Å². The molecule has 2 fully saturated rings. The highest BCUT2D eigenvalue weighted by Crippen LogP contribution is 2.16. The molecule has 0 bridgehead atoms. The summed E-state index contributed by atoms with van der Waals surface area (Å²) >= 11 is 0. The van der Waals surface area contributed by atoms with Crippen LogP contribution in [0.1, 0.15) is 26.2 Å². The molecule has 2 heterocycles. The number of rotatable bonds is 4. The first kappa shape index (κ1) is 17.7. The van der Waals surface area contributed by atoms with Crippen LogP contribution in [-0.2, 0) is 9.59 Å². The van der Waals surface area contributed by atoms with E-state index in [-0.39, 0.29) is 18.4 Å². The van der Waals surface area contributed by atoms with Crippen LogP contribution in [-0.4, -0.2) is 84.4 Å². The minimum atomic E-state index is -0.824. The summed E-state index contributed by atoms with van der Waals surface area (Å²) in [6, 6.07) is -0.482. The van der Waals surface area contributed by atoms with Gasteiger partial charge in [-0.3, -0.25) is 24.7 Å². The number of primary amides is 1. The van der Waals surface area contributed by atoms with Crippen molar-refractivity contribution in [1.82, 2.24) is 20.0 Å². The molecular formula is C15H27N5O3. The molecule has 2 aliphatic rings. The van der Waals surface area contributed by atoms with Crippen molar-refractivity contribution in [2.24, 2.45) is 5.73 Å². The number of nitrogens with zero attached hydrogens (tertiary/aromatic N) is 3. The third-order valence-electron chi connectivity index (χ3n) is 4.58. The summed E-state index contributed by atoms with van der Waals surface area (Å²) in [5.74, 6) is -0.179. The fraction of sp³-hybridized carbons (Fsp3) is 0.800. The molecule has 4 amide bonds. The van der Waals surface area contributed by atoms with Gasteiger partial charge in [0.25, 0.3) is 0 Å². The molecule has 0 aromatic carbocycles. The Labute approximate surface area is 136 Å². The fourth-order valence-electron chi connectivity index (χ4n) is 3.24. The third-order valence-corrected chi connectivity index (χ3v) is 4.58. The van der Waals surface area contributed by atoms with Gasteiger partial charge < -0.3 is 10.6 Å². The number of carbonyl (C=O) groups excluding carboxylic acids is 3. The van der Waals surface area contributed by atoms with Crippen LogP contribution in [0.5, 0.6) is 0 Å². The highest BCUT2D eigenvalue weighted by Gasteiger charge is 2.26. The molecule has 0 aliphatic carbocycles. The lowest BCUT2D eigenvalue weighted by Crippen LogP contribution is -2.53.